The van der Waals surface area contributed by atoms with Crippen molar-refractivity contribution in [3.05, 3.63) is 49.7 Å². The largest absolute Gasteiger partial charge is 0.294 e. The molecule has 5 heteroatoms. The standard InChI is InChI=1S/C16H18Br2N2O/c1-4-13-16(18)14(20(5-2)19-13)9-15(21)11-7-6-8-12(17)10(11)3/h6-8H,4-5,9H2,1-3H3. The molecule has 2 rings (SSSR count). The predicted molar refractivity (Wildman–Crippen MR) is 91.9 cm³/mol. The second kappa shape index (κ2) is 6.88. The molecule has 0 aliphatic carbocycles. The second-order valence-corrected chi connectivity index (χ2v) is 6.54. The third-order valence-corrected chi connectivity index (χ3v) is 5.36. The minimum Gasteiger partial charge on any atom is -0.294 e. The number of aromatic nitrogens is 2. The van der Waals surface area contributed by atoms with E-state index in [1.165, 1.54) is 0 Å². The molecule has 2 aromatic rings. The first kappa shape index (κ1) is 16.4. The van der Waals surface area contributed by atoms with Crippen molar-refractivity contribution >= 4 is 37.6 Å². The Bertz CT molecular complexity index is 677. The molecule has 0 amide bonds. The number of carbonyl (C=O) groups excluding carboxylic acids is 1. The Labute approximate surface area is 142 Å². The van der Waals surface area contributed by atoms with Crippen LogP contribution in [0.15, 0.2) is 27.1 Å². The van der Waals surface area contributed by atoms with Crippen LogP contribution in [0.5, 0.6) is 0 Å². The van der Waals surface area contributed by atoms with Crippen molar-refractivity contribution in [3.8, 4) is 0 Å². The van der Waals surface area contributed by atoms with Crippen molar-refractivity contribution in [3.63, 3.8) is 0 Å². The van der Waals surface area contributed by atoms with Gasteiger partial charge in [0, 0.05) is 16.6 Å². The van der Waals surface area contributed by atoms with Crippen LogP contribution in [0.1, 0.15) is 41.2 Å². The van der Waals surface area contributed by atoms with Crippen molar-refractivity contribution in [1.82, 2.24) is 9.78 Å². The maximum absolute atomic E-state index is 12.6. The molecule has 1 aromatic carbocycles. The van der Waals surface area contributed by atoms with E-state index in [0.29, 0.717) is 6.42 Å². The van der Waals surface area contributed by atoms with E-state index in [1.54, 1.807) is 0 Å². The number of aryl methyl sites for hydroxylation is 2. The Kier molecular flexibility index (Phi) is 5.38. The molecule has 0 fully saturated rings. The summed E-state index contributed by atoms with van der Waals surface area (Å²) in [5, 5.41) is 4.54. The van der Waals surface area contributed by atoms with Crippen LogP contribution in [0, 0.1) is 6.92 Å². The number of nitrogens with zero attached hydrogens (tertiary/aromatic N) is 2. The van der Waals surface area contributed by atoms with E-state index in [9.17, 15) is 4.79 Å². The van der Waals surface area contributed by atoms with Crippen LogP contribution >= 0.6 is 31.9 Å². The van der Waals surface area contributed by atoms with Gasteiger partial charge in [-0.05, 0) is 47.8 Å². The van der Waals surface area contributed by atoms with Gasteiger partial charge >= 0.3 is 0 Å². The van der Waals surface area contributed by atoms with Gasteiger partial charge in [0.25, 0.3) is 0 Å². The number of benzene rings is 1. The fourth-order valence-electron chi connectivity index (χ4n) is 2.34. The van der Waals surface area contributed by atoms with E-state index in [4.69, 9.17) is 0 Å². The summed E-state index contributed by atoms with van der Waals surface area (Å²) in [5.41, 5.74) is 3.71. The predicted octanol–water partition coefficient (Wildman–Crippen LogP) is 4.72. The van der Waals surface area contributed by atoms with Gasteiger partial charge in [-0.15, -0.1) is 0 Å². The topological polar surface area (TPSA) is 34.9 Å². The van der Waals surface area contributed by atoms with Crippen LogP contribution in [0.25, 0.3) is 0 Å². The molecule has 0 atom stereocenters. The minimum atomic E-state index is 0.117. The summed E-state index contributed by atoms with van der Waals surface area (Å²) < 4.78 is 3.84. The van der Waals surface area contributed by atoms with Gasteiger partial charge in [-0.25, -0.2) is 0 Å². The smallest absolute Gasteiger partial charge is 0.169 e. The van der Waals surface area contributed by atoms with Gasteiger partial charge in [0.15, 0.2) is 5.78 Å². The van der Waals surface area contributed by atoms with Crippen molar-refractivity contribution in [2.24, 2.45) is 0 Å². The molecule has 0 unspecified atom stereocenters. The zero-order valence-electron chi connectivity index (χ0n) is 12.4. The van der Waals surface area contributed by atoms with Gasteiger partial charge in [-0.1, -0.05) is 35.0 Å². The van der Waals surface area contributed by atoms with E-state index in [-0.39, 0.29) is 5.78 Å². The second-order valence-electron chi connectivity index (χ2n) is 4.89. The summed E-state index contributed by atoms with van der Waals surface area (Å²) in [4.78, 5) is 12.6. The number of hydrogen-bond donors (Lipinski definition) is 0. The number of carbonyl (C=O) groups is 1. The molecular formula is C16H18Br2N2O. The molecule has 21 heavy (non-hydrogen) atoms. The molecule has 1 heterocycles. The van der Waals surface area contributed by atoms with Gasteiger partial charge in [-0.2, -0.15) is 5.10 Å². The van der Waals surface area contributed by atoms with Gasteiger partial charge in [0.2, 0.25) is 0 Å². The van der Waals surface area contributed by atoms with Crippen LogP contribution in [0.3, 0.4) is 0 Å². The van der Waals surface area contributed by atoms with Crippen molar-refractivity contribution < 1.29 is 4.79 Å². The minimum absolute atomic E-state index is 0.117. The highest BCUT2D eigenvalue weighted by molar-refractivity contribution is 9.10. The molecule has 0 N–H and O–H groups in total. The first-order chi connectivity index (χ1) is 9.99. The maximum Gasteiger partial charge on any atom is 0.169 e. The fourth-order valence-corrected chi connectivity index (χ4v) is 3.41. The monoisotopic (exact) mass is 412 g/mol. The molecule has 0 spiro atoms. The SMILES string of the molecule is CCc1nn(CC)c(CC(=O)c2cccc(Br)c2C)c1Br. The summed E-state index contributed by atoms with van der Waals surface area (Å²) in [5.74, 6) is 0.117. The van der Waals surface area contributed by atoms with Crippen LogP contribution in [0.2, 0.25) is 0 Å². The first-order valence-corrected chi connectivity index (χ1v) is 8.60. The summed E-state index contributed by atoms with van der Waals surface area (Å²) in [7, 11) is 0. The summed E-state index contributed by atoms with van der Waals surface area (Å²) in [6.07, 6.45) is 1.21. The Balaban J connectivity index is 2.36. The van der Waals surface area contributed by atoms with Gasteiger partial charge in [-0.3, -0.25) is 9.48 Å². The lowest BCUT2D eigenvalue weighted by Gasteiger charge is -2.08. The van der Waals surface area contributed by atoms with Crippen molar-refractivity contribution in [2.45, 2.75) is 40.2 Å². The van der Waals surface area contributed by atoms with Gasteiger partial charge in [0.1, 0.15) is 0 Å². The van der Waals surface area contributed by atoms with Crippen LogP contribution in [-0.4, -0.2) is 15.6 Å². The third kappa shape index (κ3) is 3.29. The van der Waals surface area contributed by atoms with E-state index in [0.717, 1.165) is 44.4 Å². The third-order valence-electron chi connectivity index (χ3n) is 3.59. The Morgan fingerprint density at radius 2 is 2.00 bits per heavy atom. The Morgan fingerprint density at radius 1 is 1.29 bits per heavy atom. The highest BCUT2D eigenvalue weighted by Crippen LogP contribution is 2.25. The van der Waals surface area contributed by atoms with E-state index >= 15 is 0 Å². The van der Waals surface area contributed by atoms with Gasteiger partial charge in [0.05, 0.1) is 22.3 Å². The number of rotatable bonds is 5. The maximum atomic E-state index is 12.6. The summed E-state index contributed by atoms with van der Waals surface area (Å²) in [6, 6.07) is 5.73. The number of halogens is 2. The molecule has 112 valence electrons. The van der Waals surface area contributed by atoms with Crippen molar-refractivity contribution in [2.75, 3.05) is 0 Å². The van der Waals surface area contributed by atoms with Crippen LogP contribution < -0.4 is 0 Å². The molecule has 0 bridgehead atoms. The van der Waals surface area contributed by atoms with Crippen LogP contribution in [-0.2, 0) is 19.4 Å². The Morgan fingerprint density at radius 3 is 2.62 bits per heavy atom. The average Bonchev–Trinajstić information content (AvgIpc) is 2.78. The highest BCUT2D eigenvalue weighted by atomic mass is 79.9. The molecule has 0 radical (unpaired) electrons. The van der Waals surface area contributed by atoms with E-state index in [2.05, 4.69) is 43.9 Å². The quantitative estimate of drug-likeness (QED) is 0.664. The number of ketones is 1. The molecule has 0 aliphatic heterocycles. The molecule has 1 aromatic heterocycles. The summed E-state index contributed by atoms with van der Waals surface area (Å²) >= 11 is 7.07. The Hall–Kier alpha value is -0.940. The molecule has 0 saturated carbocycles. The molecule has 3 nitrogen and oxygen atoms in total. The van der Waals surface area contributed by atoms with E-state index < -0.39 is 0 Å². The fraction of sp³-hybridized carbons (Fsp3) is 0.375. The zero-order valence-corrected chi connectivity index (χ0v) is 15.6. The lowest BCUT2D eigenvalue weighted by Crippen LogP contribution is -2.11. The lowest BCUT2D eigenvalue weighted by molar-refractivity contribution is 0.0989. The zero-order chi connectivity index (χ0) is 15.6. The van der Waals surface area contributed by atoms with Gasteiger partial charge < -0.3 is 0 Å². The number of hydrogen-bond acceptors (Lipinski definition) is 2. The first-order valence-electron chi connectivity index (χ1n) is 7.01. The lowest BCUT2D eigenvalue weighted by atomic mass is 10.0. The van der Waals surface area contributed by atoms with Crippen molar-refractivity contribution in [1.29, 1.82) is 0 Å². The number of Topliss-reactive ketones (excluding diaryl/α,β-unsaturated/α-hetero) is 1. The molecular weight excluding hydrogens is 396 g/mol. The van der Waals surface area contributed by atoms with Crippen LogP contribution in [0.4, 0.5) is 0 Å². The molecule has 0 aliphatic rings. The highest BCUT2D eigenvalue weighted by Gasteiger charge is 2.19. The summed E-state index contributed by atoms with van der Waals surface area (Å²) in [6.45, 7) is 6.83. The molecule has 0 saturated heterocycles. The average molecular weight is 414 g/mol. The normalized spacial score (nSPS) is 10.9. The van der Waals surface area contributed by atoms with E-state index in [1.807, 2.05) is 36.7 Å².